The molecule has 1 aromatic rings. The molecule has 7 nitrogen and oxygen atoms in total. The van der Waals surface area contributed by atoms with Crippen LogP contribution in [0.1, 0.15) is 6.92 Å². The van der Waals surface area contributed by atoms with Crippen molar-refractivity contribution < 1.29 is 28.7 Å². The average molecular weight is 325 g/mol. The number of carbonyl (C=O) groups excluding carboxylic acids is 1. The molecule has 7 heteroatoms. The van der Waals surface area contributed by atoms with Gasteiger partial charge in [0.1, 0.15) is 6.04 Å². The van der Waals surface area contributed by atoms with E-state index in [-0.39, 0.29) is 24.5 Å². The first-order chi connectivity index (χ1) is 11.1. The molecule has 0 saturated carbocycles. The van der Waals surface area contributed by atoms with Gasteiger partial charge in [0.15, 0.2) is 18.7 Å². The standard InChI is InChI=1S/C16H24N2O5/c1-11-12(10-21-2)23-16(22-3)14(15(11)20)17-13(19)9-18-7-5-4-6-8-18/h4-8,11-12,14-16,20H,9-10H2,1-3H3/p+1. The lowest BCUT2D eigenvalue weighted by Gasteiger charge is -2.42. The Hall–Kier alpha value is -1.54. The highest BCUT2D eigenvalue weighted by molar-refractivity contribution is 5.74. The monoisotopic (exact) mass is 325 g/mol. The third-order valence-electron chi connectivity index (χ3n) is 4.09. The summed E-state index contributed by atoms with van der Waals surface area (Å²) in [7, 11) is 3.07. The Labute approximate surface area is 136 Å². The van der Waals surface area contributed by atoms with Gasteiger partial charge >= 0.3 is 0 Å². The number of hydrogen-bond acceptors (Lipinski definition) is 5. The molecule has 2 rings (SSSR count). The second kappa shape index (κ2) is 8.35. The Morgan fingerprint density at radius 1 is 1.30 bits per heavy atom. The molecule has 0 spiro atoms. The summed E-state index contributed by atoms with van der Waals surface area (Å²) in [5.74, 6) is -0.399. The molecular weight excluding hydrogens is 300 g/mol. The van der Waals surface area contributed by atoms with Crippen LogP contribution in [0.3, 0.4) is 0 Å². The first kappa shape index (κ1) is 17.8. The van der Waals surface area contributed by atoms with Crippen molar-refractivity contribution in [3.05, 3.63) is 30.6 Å². The molecule has 5 atom stereocenters. The predicted molar refractivity (Wildman–Crippen MR) is 81.3 cm³/mol. The first-order valence-corrected chi connectivity index (χ1v) is 7.65. The number of methoxy groups -OCH3 is 2. The lowest BCUT2D eigenvalue weighted by molar-refractivity contribution is -0.684. The summed E-state index contributed by atoms with van der Waals surface area (Å²) >= 11 is 0. The fraction of sp³-hybridized carbons (Fsp3) is 0.625. The number of nitrogens with one attached hydrogen (secondary N) is 1. The molecular formula is C16H25N2O5+. The topological polar surface area (TPSA) is 80.9 Å². The van der Waals surface area contributed by atoms with Crippen molar-refractivity contribution in [3.63, 3.8) is 0 Å². The first-order valence-electron chi connectivity index (χ1n) is 7.65. The van der Waals surface area contributed by atoms with E-state index in [1.807, 2.05) is 25.1 Å². The maximum atomic E-state index is 12.2. The highest BCUT2D eigenvalue weighted by Crippen LogP contribution is 2.26. The third-order valence-corrected chi connectivity index (χ3v) is 4.09. The number of amides is 1. The summed E-state index contributed by atoms with van der Waals surface area (Å²) < 4.78 is 17.9. The van der Waals surface area contributed by atoms with Gasteiger partial charge in [0.2, 0.25) is 6.54 Å². The largest absolute Gasteiger partial charge is 0.390 e. The number of hydrogen-bond donors (Lipinski definition) is 2. The molecule has 0 bridgehead atoms. The summed E-state index contributed by atoms with van der Waals surface area (Å²) in [6.45, 7) is 2.39. The van der Waals surface area contributed by atoms with Gasteiger partial charge in [-0.05, 0) is 0 Å². The van der Waals surface area contributed by atoms with Crippen LogP contribution in [0, 0.1) is 5.92 Å². The van der Waals surface area contributed by atoms with Crippen molar-refractivity contribution in [2.45, 2.75) is 38.0 Å². The molecule has 1 aliphatic heterocycles. The van der Waals surface area contributed by atoms with Gasteiger partial charge in [-0.25, -0.2) is 0 Å². The Balaban J connectivity index is 2.00. The van der Waals surface area contributed by atoms with E-state index in [1.165, 1.54) is 7.11 Å². The number of aromatic nitrogens is 1. The van der Waals surface area contributed by atoms with Gasteiger partial charge in [0.05, 0.1) is 18.8 Å². The molecule has 128 valence electrons. The van der Waals surface area contributed by atoms with Crippen molar-refractivity contribution in [1.29, 1.82) is 0 Å². The number of carbonyl (C=O) groups is 1. The van der Waals surface area contributed by atoms with Crippen LogP contribution in [0.25, 0.3) is 0 Å². The number of pyridine rings is 1. The van der Waals surface area contributed by atoms with E-state index in [2.05, 4.69) is 5.32 Å². The molecule has 2 N–H and O–H groups in total. The number of nitrogens with zero attached hydrogens (tertiary/aromatic N) is 1. The molecule has 2 heterocycles. The summed E-state index contributed by atoms with van der Waals surface area (Å²) in [5.41, 5.74) is 0. The van der Waals surface area contributed by atoms with Gasteiger partial charge in [-0.15, -0.1) is 0 Å². The van der Waals surface area contributed by atoms with Gasteiger partial charge < -0.3 is 24.6 Å². The van der Waals surface area contributed by atoms with Crippen LogP contribution >= 0.6 is 0 Å². The summed E-state index contributed by atoms with van der Waals surface area (Å²) in [5, 5.41) is 13.3. The van der Waals surface area contributed by atoms with Crippen molar-refractivity contribution in [2.24, 2.45) is 5.92 Å². The van der Waals surface area contributed by atoms with Gasteiger partial charge in [0.25, 0.3) is 5.91 Å². The summed E-state index contributed by atoms with van der Waals surface area (Å²) in [6, 6.07) is 4.95. The molecule has 5 unspecified atom stereocenters. The van der Waals surface area contributed by atoms with Crippen LogP contribution in [0.4, 0.5) is 0 Å². The highest BCUT2D eigenvalue weighted by Gasteiger charge is 2.44. The maximum Gasteiger partial charge on any atom is 0.286 e. The van der Waals surface area contributed by atoms with E-state index >= 15 is 0 Å². The van der Waals surface area contributed by atoms with Crippen LogP contribution in [0.5, 0.6) is 0 Å². The van der Waals surface area contributed by atoms with Crippen LogP contribution in [0.15, 0.2) is 30.6 Å². The zero-order valence-electron chi connectivity index (χ0n) is 13.7. The zero-order valence-corrected chi connectivity index (χ0v) is 13.7. The molecule has 1 amide bonds. The van der Waals surface area contributed by atoms with Crippen LogP contribution in [0.2, 0.25) is 0 Å². The van der Waals surface area contributed by atoms with E-state index in [4.69, 9.17) is 14.2 Å². The van der Waals surface area contributed by atoms with E-state index in [0.717, 1.165) is 0 Å². The Morgan fingerprint density at radius 2 is 2.00 bits per heavy atom. The van der Waals surface area contributed by atoms with E-state index < -0.39 is 18.4 Å². The van der Waals surface area contributed by atoms with Gasteiger partial charge in [0, 0.05) is 32.3 Å². The van der Waals surface area contributed by atoms with Crippen LogP contribution in [-0.4, -0.2) is 56.4 Å². The van der Waals surface area contributed by atoms with Crippen LogP contribution < -0.4 is 9.88 Å². The van der Waals surface area contributed by atoms with E-state index in [9.17, 15) is 9.90 Å². The molecule has 1 saturated heterocycles. The SMILES string of the molecule is COCC1OC(OC)C(NC(=O)C[n+]2ccccc2)C(O)C1C. The predicted octanol–water partition coefficient (Wildman–Crippen LogP) is -0.526. The lowest BCUT2D eigenvalue weighted by Crippen LogP contribution is -2.62. The molecule has 1 aliphatic rings. The van der Waals surface area contributed by atoms with E-state index in [0.29, 0.717) is 6.61 Å². The minimum absolute atomic E-state index is 0.163. The smallest absolute Gasteiger partial charge is 0.286 e. The second-order valence-electron chi connectivity index (χ2n) is 5.72. The normalized spacial score (nSPS) is 30.9. The summed E-state index contributed by atoms with van der Waals surface area (Å²) in [4.78, 5) is 12.2. The number of rotatable bonds is 6. The third kappa shape index (κ3) is 4.48. The highest BCUT2D eigenvalue weighted by atomic mass is 16.7. The molecule has 1 fully saturated rings. The fourth-order valence-corrected chi connectivity index (χ4v) is 2.74. The molecule has 23 heavy (non-hydrogen) atoms. The molecule has 0 aromatic carbocycles. The quantitative estimate of drug-likeness (QED) is 0.688. The van der Waals surface area contributed by atoms with Gasteiger partial charge in [-0.2, -0.15) is 4.57 Å². The average Bonchev–Trinajstić information content (AvgIpc) is 2.55. The van der Waals surface area contributed by atoms with Crippen LogP contribution in [-0.2, 0) is 25.5 Å². The Morgan fingerprint density at radius 3 is 2.61 bits per heavy atom. The Bertz CT molecular complexity index is 497. The molecule has 0 radical (unpaired) electrons. The number of ether oxygens (including phenoxy) is 3. The number of aliphatic hydroxyl groups is 1. The summed E-state index contributed by atoms with van der Waals surface area (Å²) in [6.07, 6.45) is 1.83. The minimum Gasteiger partial charge on any atom is -0.390 e. The van der Waals surface area contributed by atoms with Crippen molar-refractivity contribution in [2.75, 3.05) is 20.8 Å². The van der Waals surface area contributed by atoms with Gasteiger partial charge in [-0.1, -0.05) is 13.0 Å². The minimum atomic E-state index is -0.779. The molecule has 0 aliphatic carbocycles. The molecule has 1 aromatic heterocycles. The second-order valence-corrected chi connectivity index (χ2v) is 5.72. The lowest BCUT2D eigenvalue weighted by atomic mass is 9.89. The number of aliphatic hydroxyl groups excluding tert-OH is 1. The van der Waals surface area contributed by atoms with Crippen molar-refractivity contribution >= 4 is 5.91 Å². The maximum absolute atomic E-state index is 12.2. The van der Waals surface area contributed by atoms with Crippen molar-refractivity contribution in [3.8, 4) is 0 Å². The zero-order chi connectivity index (χ0) is 16.8. The van der Waals surface area contributed by atoms with Crippen molar-refractivity contribution in [1.82, 2.24) is 5.32 Å². The van der Waals surface area contributed by atoms with Gasteiger partial charge in [-0.3, -0.25) is 4.79 Å². The van der Waals surface area contributed by atoms with E-state index in [1.54, 1.807) is 24.1 Å². The fourth-order valence-electron chi connectivity index (χ4n) is 2.74. The Kier molecular flexibility index (Phi) is 6.47.